The zero-order chi connectivity index (χ0) is 21.1. The lowest BCUT2D eigenvalue weighted by Crippen LogP contribution is -2.32. The molecular weight excluding hydrogens is 386 g/mol. The smallest absolute Gasteiger partial charge is 0.469 e. The lowest BCUT2D eigenvalue weighted by Gasteiger charge is -2.03. The van der Waals surface area contributed by atoms with E-state index in [0.29, 0.717) is 28.9 Å². The number of fused-ring (bicyclic) bond motifs is 1. The average Bonchev–Trinajstić information content (AvgIpc) is 3.36. The number of carbonyl (C=O) groups excluding carboxylic acids is 1. The molecule has 0 spiro atoms. The lowest BCUT2D eigenvalue weighted by molar-refractivity contribution is -0.0718. The highest BCUT2D eigenvalue weighted by Crippen LogP contribution is 2.14. The first-order chi connectivity index (χ1) is 14.6. The maximum atomic E-state index is 12.4. The predicted molar refractivity (Wildman–Crippen MR) is 110 cm³/mol. The zero-order valence-electron chi connectivity index (χ0n) is 16.4. The van der Waals surface area contributed by atoms with Gasteiger partial charge in [-0.1, -0.05) is 11.7 Å². The van der Waals surface area contributed by atoms with Crippen LogP contribution >= 0.6 is 0 Å². The van der Waals surface area contributed by atoms with Crippen LogP contribution in [0.4, 0.5) is 0 Å². The average molecular weight is 402 g/mol. The molecule has 4 heterocycles. The second kappa shape index (κ2) is 7.80. The van der Waals surface area contributed by atoms with Crippen LogP contribution < -0.4 is 19.4 Å². The van der Waals surface area contributed by atoms with Crippen molar-refractivity contribution < 1.29 is 14.3 Å². The Kier molecular flexibility index (Phi) is 4.87. The molecule has 0 saturated heterocycles. The van der Waals surface area contributed by atoms with Gasteiger partial charge in [0.2, 0.25) is 11.6 Å². The molecule has 0 unspecified atom stereocenters. The Morgan fingerprint density at radius 2 is 2.17 bits per heavy atom. The van der Waals surface area contributed by atoms with E-state index in [-0.39, 0.29) is 11.6 Å². The number of aromatic nitrogens is 2. The molecule has 30 heavy (non-hydrogen) atoms. The number of hydrogen-bond donors (Lipinski definition) is 1. The van der Waals surface area contributed by atoms with E-state index < -0.39 is 5.91 Å². The van der Waals surface area contributed by atoms with Crippen LogP contribution in [0.5, 0.6) is 5.88 Å². The summed E-state index contributed by atoms with van der Waals surface area (Å²) in [6.07, 6.45) is 5.73. The Hall–Kier alpha value is -4.60. The van der Waals surface area contributed by atoms with Gasteiger partial charge >= 0.3 is 23.8 Å². The van der Waals surface area contributed by atoms with Gasteiger partial charge in [-0.15, -0.1) is 15.1 Å². The monoisotopic (exact) mass is 402 g/mol. The number of nitrogens with zero attached hydrogens (tertiary/aromatic N) is 8. The molecule has 0 atom stereocenters. The summed E-state index contributed by atoms with van der Waals surface area (Å²) in [5.74, 6) is 7.45. The number of hydrogen-bond acceptors (Lipinski definition) is 7. The number of aliphatic imine (C=N–C) groups is 1. The van der Waals surface area contributed by atoms with Gasteiger partial charge in [0.15, 0.2) is 5.69 Å². The molecule has 11 heteroatoms. The van der Waals surface area contributed by atoms with Crippen LogP contribution in [0.25, 0.3) is 0 Å². The summed E-state index contributed by atoms with van der Waals surface area (Å²) >= 11 is 0. The van der Waals surface area contributed by atoms with Crippen molar-refractivity contribution in [3.05, 3.63) is 29.2 Å². The Morgan fingerprint density at radius 1 is 1.30 bits per heavy atom. The number of amides is 1. The van der Waals surface area contributed by atoms with E-state index in [1.807, 2.05) is 13.0 Å². The van der Waals surface area contributed by atoms with Gasteiger partial charge in [0.25, 0.3) is 17.9 Å². The molecule has 0 fully saturated rings. The summed E-state index contributed by atoms with van der Waals surface area (Å²) in [5.41, 5.74) is 1.34. The fourth-order valence-electron chi connectivity index (χ4n) is 2.59. The van der Waals surface area contributed by atoms with Crippen molar-refractivity contribution in [3.8, 4) is 17.7 Å². The van der Waals surface area contributed by atoms with Gasteiger partial charge in [-0.05, 0) is 17.0 Å². The second-order valence-corrected chi connectivity index (χ2v) is 6.14. The van der Waals surface area contributed by atoms with E-state index in [1.54, 1.807) is 18.2 Å². The van der Waals surface area contributed by atoms with Crippen LogP contribution in [0.15, 0.2) is 28.1 Å². The molecule has 0 aliphatic carbocycles. The van der Waals surface area contributed by atoms with Gasteiger partial charge in [-0.2, -0.15) is 0 Å². The maximum Gasteiger partial charge on any atom is 0.469 e. The lowest BCUT2D eigenvalue weighted by atomic mass is 10.2. The van der Waals surface area contributed by atoms with Crippen LogP contribution in [-0.4, -0.2) is 68.7 Å². The number of amidine groups is 3. The minimum Gasteiger partial charge on any atom is -0.479 e. The van der Waals surface area contributed by atoms with Crippen LogP contribution in [0.3, 0.4) is 0 Å². The van der Waals surface area contributed by atoms with Crippen LogP contribution in [0.1, 0.15) is 36.3 Å². The van der Waals surface area contributed by atoms with E-state index >= 15 is 0 Å². The van der Waals surface area contributed by atoms with Crippen LogP contribution in [0, 0.1) is 11.8 Å². The first-order valence-electron chi connectivity index (χ1n) is 8.98. The summed E-state index contributed by atoms with van der Waals surface area (Å²) < 4.78 is 13.5. The first kappa shape index (κ1) is 18.7. The molecule has 0 aromatic carbocycles. The van der Waals surface area contributed by atoms with Crippen LogP contribution in [0.2, 0.25) is 0 Å². The topological polar surface area (TPSA) is 134 Å². The molecule has 3 aliphatic rings. The third-order valence-corrected chi connectivity index (χ3v) is 4.11. The molecular formula is C19H16N9O2+3. The number of allylic oxidation sites excluding steroid dienone is 1. The summed E-state index contributed by atoms with van der Waals surface area (Å²) in [5, 5.41) is 14.5. The summed E-state index contributed by atoms with van der Waals surface area (Å²) in [7, 11) is 1.44. The Bertz CT molecular complexity index is 1290. The molecule has 1 aromatic rings. The van der Waals surface area contributed by atoms with Gasteiger partial charge in [0.1, 0.15) is 0 Å². The number of carbonyl (C=O) groups is 1. The highest BCUT2D eigenvalue weighted by molar-refractivity contribution is 6.37. The maximum absolute atomic E-state index is 12.4. The molecule has 1 N–H and O–H groups in total. The third-order valence-electron chi connectivity index (χ3n) is 4.11. The second-order valence-electron chi connectivity index (χ2n) is 6.14. The van der Waals surface area contributed by atoms with E-state index in [0.717, 1.165) is 12.1 Å². The number of ether oxygens (including phenoxy) is 1. The highest BCUT2D eigenvalue weighted by Gasteiger charge is 2.35. The van der Waals surface area contributed by atoms with Crippen molar-refractivity contribution in [2.45, 2.75) is 20.3 Å². The van der Waals surface area contributed by atoms with Gasteiger partial charge < -0.3 is 4.74 Å². The standard InChI is InChI=1S/C19H15N9O2/c1-4-13-8-17-26-25-16(28(17)10-21-13)6-5-12-7-14(24-27-19(12)30-3)18(29)23-15-9-20-11(2)22-15/h7-10H,4H2,1-3H3/q+2/p+1. The number of rotatable bonds is 3. The summed E-state index contributed by atoms with van der Waals surface area (Å²) in [4.78, 5) is 22.3. The SMILES string of the molecule is CCC1=[N+]=CN2C(=C1)N=[N+]=C2C#Cc1cc(C(=O)NC2=NC(C)=[N+]=C2)nnc1OC. The van der Waals surface area contributed by atoms with Crippen molar-refractivity contribution in [1.29, 1.82) is 0 Å². The Labute approximate surface area is 170 Å². The third kappa shape index (κ3) is 3.69. The fourth-order valence-corrected chi connectivity index (χ4v) is 2.59. The largest absolute Gasteiger partial charge is 0.479 e. The molecule has 11 nitrogen and oxygen atoms in total. The minimum atomic E-state index is -0.489. The van der Waals surface area contributed by atoms with Crippen LogP contribution in [-0.2, 0) is 0 Å². The summed E-state index contributed by atoms with van der Waals surface area (Å²) in [6, 6.07) is 1.48. The van der Waals surface area contributed by atoms with E-state index in [9.17, 15) is 4.79 Å². The summed E-state index contributed by atoms with van der Waals surface area (Å²) in [6.45, 7) is 3.74. The molecule has 4 rings (SSSR count). The van der Waals surface area contributed by atoms with Crippen molar-refractivity contribution in [2.75, 3.05) is 7.11 Å². The molecule has 146 valence electrons. The Balaban J connectivity index is 1.58. The van der Waals surface area contributed by atoms with Gasteiger partial charge in [0.05, 0.1) is 30.8 Å². The quantitative estimate of drug-likeness (QED) is 0.496. The minimum absolute atomic E-state index is 0.0566. The Morgan fingerprint density at radius 3 is 2.90 bits per heavy atom. The normalized spacial score (nSPS) is 15.4. The van der Waals surface area contributed by atoms with Crippen molar-refractivity contribution >= 4 is 41.7 Å². The van der Waals surface area contributed by atoms with Gasteiger partial charge in [-0.25, -0.2) is 9.34 Å². The predicted octanol–water partition coefficient (Wildman–Crippen LogP) is -1.29. The van der Waals surface area contributed by atoms with Gasteiger partial charge in [-0.3, -0.25) is 10.1 Å². The molecule has 0 saturated carbocycles. The zero-order valence-corrected chi connectivity index (χ0v) is 16.4. The molecule has 1 amide bonds. The highest BCUT2D eigenvalue weighted by atomic mass is 16.5. The number of methoxy groups -OCH3 is 1. The molecule has 0 bridgehead atoms. The molecule has 3 aliphatic heterocycles. The van der Waals surface area contributed by atoms with Crippen molar-refractivity contribution in [3.63, 3.8) is 0 Å². The first-order valence-corrected chi connectivity index (χ1v) is 8.98. The molecule has 1 aromatic heterocycles. The van der Waals surface area contributed by atoms with Crippen molar-refractivity contribution in [1.82, 2.24) is 29.8 Å². The van der Waals surface area contributed by atoms with E-state index in [1.165, 1.54) is 19.4 Å². The van der Waals surface area contributed by atoms with E-state index in [4.69, 9.17) is 4.74 Å². The molecule has 0 radical (unpaired) electrons. The van der Waals surface area contributed by atoms with Gasteiger partial charge in [0, 0.05) is 12.3 Å². The fraction of sp³-hybridized carbons (Fsp3) is 0.211. The van der Waals surface area contributed by atoms with Crippen molar-refractivity contribution in [2.24, 2.45) is 10.1 Å². The van der Waals surface area contributed by atoms with E-state index in [2.05, 4.69) is 51.6 Å². The number of nitrogens with one attached hydrogen (secondary N) is 1.